The molecule has 0 bridgehead atoms. The van der Waals surface area contributed by atoms with Crippen molar-refractivity contribution in [3.05, 3.63) is 72.2 Å². The molecule has 0 saturated carbocycles. The van der Waals surface area contributed by atoms with Crippen LogP contribution in [0.2, 0.25) is 4.34 Å². The highest BCUT2D eigenvalue weighted by Gasteiger charge is 2.23. The molecule has 0 radical (unpaired) electrons. The molecule has 12 heteroatoms. The van der Waals surface area contributed by atoms with Crippen LogP contribution in [0.3, 0.4) is 0 Å². The number of carbonyl (C=O) groups excluding carboxylic acids is 1. The highest BCUT2D eigenvalue weighted by molar-refractivity contribution is 7.16. The summed E-state index contributed by atoms with van der Waals surface area (Å²) in [4.78, 5) is 34.0. The van der Waals surface area contributed by atoms with Crippen LogP contribution in [0.25, 0.3) is 11.3 Å². The van der Waals surface area contributed by atoms with E-state index >= 15 is 0 Å². The van der Waals surface area contributed by atoms with Gasteiger partial charge in [0.25, 0.3) is 11.5 Å². The lowest BCUT2D eigenvalue weighted by atomic mass is 10.1. The van der Waals surface area contributed by atoms with Crippen LogP contribution < -0.4 is 10.9 Å². The monoisotopic (exact) mass is 539 g/mol. The van der Waals surface area contributed by atoms with E-state index in [0.29, 0.717) is 23.4 Å². The number of nitrogens with zero attached hydrogens (tertiary/aromatic N) is 6. The third-order valence-corrected chi connectivity index (χ3v) is 7.79. The van der Waals surface area contributed by atoms with Crippen LogP contribution in [0.4, 0.5) is 5.82 Å². The first-order chi connectivity index (χ1) is 17.5. The van der Waals surface area contributed by atoms with Gasteiger partial charge in [0.05, 0.1) is 34.2 Å². The highest BCUT2D eigenvalue weighted by Crippen LogP contribution is 2.26. The minimum atomic E-state index is -0.433. The highest BCUT2D eigenvalue weighted by atomic mass is 35.5. The number of hydrogen-bond donors (Lipinski definition) is 1. The summed E-state index contributed by atoms with van der Waals surface area (Å²) in [5.74, 6) is -0.0421. The van der Waals surface area contributed by atoms with E-state index < -0.39 is 5.91 Å². The van der Waals surface area contributed by atoms with E-state index in [-0.39, 0.29) is 28.1 Å². The molecule has 1 fully saturated rings. The van der Waals surface area contributed by atoms with E-state index in [1.165, 1.54) is 33.8 Å². The van der Waals surface area contributed by atoms with E-state index in [1.54, 1.807) is 39.9 Å². The summed E-state index contributed by atoms with van der Waals surface area (Å²) in [5, 5.41) is 19.1. The number of nitriles is 1. The van der Waals surface area contributed by atoms with Crippen molar-refractivity contribution in [1.29, 1.82) is 5.26 Å². The summed E-state index contributed by atoms with van der Waals surface area (Å²) < 4.78 is 3.46. The molecule has 36 heavy (non-hydrogen) atoms. The Bertz CT molecular complexity index is 1480. The maximum Gasteiger partial charge on any atom is 0.299 e. The van der Waals surface area contributed by atoms with Crippen LogP contribution in [0, 0.1) is 11.3 Å². The Morgan fingerprint density at radius 2 is 2.06 bits per heavy atom. The molecule has 1 aliphatic heterocycles. The fourth-order valence-corrected chi connectivity index (χ4v) is 5.73. The number of hydrogen-bond acceptors (Lipinski definition) is 9. The Labute approximate surface area is 220 Å². The number of pyridine rings is 1. The summed E-state index contributed by atoms with van der Waals surface area (Å²) in [6, 6.07) is 9.06. The maximum absolute atomic E-state index is 13.5. The fourth-order valence-electron chi connectivity index (χ4n) is 4.18. The molecule has 0 aromatic carbocycles. The van der Waals surface area contributed by atoms with Crippen molar-refractivity contribution >= 4 is 46.0 Å². The second kappa shape index (κ2) is 10.8. The standard InChI is InChI=1S/C24H22ClN7O2S2/c25-20-5-4-17(36-20)12-27-21-10-18(29-32(21)23(33)19-13-35-14-28-19)22-16(11-26)6-9-31(24(22)34)15-30-7-2-1-3-8-30/h4-6,9-10,13-14,27H,1-3,7-8,12,15H2. The Kier molecular flexibility index (Phi) is 7.29. The van der Waals surface area contributed by atoms with Crippen LogP contribution >= 0.6 is 34.3 Å². The molecule has 0 aliphatic carbocycles. The average molecular weight is 540 g/mol. The number of piperidine rings is 1. The van der Waals surface area contributed by atoms with E-state index in [0.717, 1.165) is 30.8 Å². The van der Waals surface area contributed by atoms with Gasteiger partial charge in [-0.1, -0.05) is 18.0 Å². The van der Waals surface area contributed by atoms with Gasteiger partial charge in [0.2, 0.25) is 0 Å². The second-order valence-electron chi connectivity index (χ2n) is 8.38. The van der Waals surface area contributed by atoms with Crippen molar-refractivity contribution in [3.8, 4) is 17.3 Å². The molecule has 0 atom stereocenters. The largest absolute Gasteiger partial charge is 0.365 e. The fraction of sp³-hybridized carbons (Fsp3) is 0.292. The smallest absolute Gasteiger partial charge is 0.299 e. The van der Waals surface area contributed by atoms with Crippen molar-refractivity contribution in [3.63, 3.8) is 0 Å². The van der Waals surface area contributed by atoms with E-state index in [2.05, 4.69) is 26.4 Å². The maximum atomic E-state index is 13.5. The number of nitrogens with one attached hydrogen (secondary N) is 1. The normalized spacial score (nSPS) is 14.0. The predicted octanol–water partition coefficient (Wildman–Crippen LogP) is 4.50. The van der Waals surface area contributed by atoms with E-state index in [4.69, 9.17) is 11.6 Å². The van der Waals surface area contributed by atoms with E-state index in [1.807, 2.05) is 6.07 Å². The Balaban J connectivity index is 1.54. The summed E-state index contributed by atoms with van der Waals surface area (Å²) >= 11 is 8.78. The lowest BCUT2D eigenvalue weighted by Crippen LogP contribution is -2.36. The Morgan fingerprint density at radius 1 is 1.22 bits per heavy atom. The third kappa shape index (κ3) is 5.12. The van der Waals surface area contributed by atoms with Crippen molar-refractivity contribution in [2.24, 2.45) is 0 Å². The van der Waals surface area contributed by atoms with Crippen LogP contribution in [0.1, 0.15) is 40.2 Å². The summed E-state index contributed by atoms with van der Waals surface area (Å²) in [5.41, 5.74) is 2.12. The van der Waals surface area contributed by atoms with Gasteiger partial charge in [-0.15, -0.1) is 22.7 Å². The minimum Gasteiger partial charge on any atom is -0.365 e. The molecular weight excluding hydrogens is 518 g/mol. The molecular formula is C24H22ClN7O2S2. The summed E-state index contributed by atoms with van der Waals surface area (Å²) in [7, 11) is 0. The van der Waals surface area contributed by atoms with Gasteiger partial charge in [-0.3, -0.25) is 14.5 Å². The third-order valence-electron chi connectivity index (χ3n) is 5.97. The van der Waals surface area contributed by atoms with Crippen LogP contribution in [0.5, 0.6) is 0 Å². The number of halogens is 1. The number of thiophene rings is 1. The molecule has 1 aliphatic rings. The van der Waals surface area contributed by atoms with Crippen molar-refractivity contribution in [1.82, 2.24) is 24.2 Å². The molecule has 1 saturated heterocycles. The topological polar surface area (TPSA) is 109 Å². The molecule has 0 amide bonds. The molecule has 4 aromatic rings. The first-order valence-corrected chi connectivity index (χ1v) is 13.5. The van der Waals surface area contributed by atoms with E-state index in [9.17, 15) is 14.9 Å². The van der Waals surface area contributed by atoms with Crippen LogP contribution in [-0.2, 0) is 13.2 Å². The average Bonchev–Trinajstić information content (AvgIpc) is 3.65. The zero-order valence-corrected chi connectivity index (χ0v) is 21.6. The number of carbonyl (C=O) groups is 1. The zero-order valence-electron chi connectivity index (χ0n) is 19.2. The molecule has 5 heterocycles. The van der Waals surface area contributed by atoms with Crippen molar-refractivity contribution < 1.29 is 4.79 Å². The SMILES string of the molecule is N#Cc1ccn(CN2CCCCC2)c(=O)c1-c1cc(NCc2ccc(Cl)s2)n(C(=O)c2cscn2)n1. The molecule has 5 rings (SSSR count). The Morgan fingerprint density at radius 3 is 2.75 bits per heavy atom. The summed E-state index contributed by atoms with van der Waals surface area (Å²) in [6.07, 6.45) is 5.05. The predicted molar refractivity (Wildman–Crippen MR) is 141 cm³/mol. The van der Waals surface area contributed by atoms with Gasteiger partial charge < -0.3 is 9.88 Å². The van der Waals surface area contributed by atoms with Gasteiger partial charge in [0.15, 0.2) is 0 Å². The molecule has 0 unspecified atom stereocenters. The van der Waals surface area contributed by atoms with Gasteiger partial charge in [-0.25, -0.2) is 4.98 Å². The number of likely N-dealkylation sites (tertiary alicyclic amines) is 1. The number of aromatic nitrogens is 4. The van der Waals surface area contributed by atoms with Crippen LogP contribution in [-0.4, -0.2) is 43.2 Å². The number of thiazole rings is 1. The number of anilines is 1. The molecule has 9 nitrogen and oxygen atoms in total. The Hall–Kier alpha value is -3.30. The van der Waals surface area contributed by atoms with Gasteiger partial charge in [0.1, 0.15) is 23.3 Å². The lowest BCUT2D eigenvalue weighted by molar-refractivity contribution is 0.0943. The minimum absolute atomic E-state index is 0.170. The second-order valence-corrected chi connectivity index (χ2v) is 10.9. The zero-order chi connectivity index (χ0) is 25.1. The molecule has 4 aromatic heterocycles. The van der Waals surface area contributed by atoms with Crippen LogP contribution in [0.15, 0.2) is 46.1 Å². The van der Waals surface area contributed by atoms with Gasteiger partial charge in [-0.05, 0) is 44.1 Å². The van der Waals surface area contributed by atoms with Gasteiger partial charge in [0, 0.05) is 22.5 Å². The van der Waals surface area contributed by atoms with Gasteiger partial charge in [-0.2, -0.15) is 15.0 Å². The van der Waals surface area contributed by atoms with Gasteiger partial charge >= 0.3 is 0 Å². The summed E-state index contributed by atoms with van der Waals surface area (Å²) in [6.45, 7) is 2.71. The quantitative estimate of drug-likeness (QED) is 0.368. The van der Waals surface area contributed by atoms with Crippen molar-refractivity contribution in [2.45, 2.75) is 32.5 Å². The first kappa shape index (κ1) is 24.4. The lowest BCUT2D eigenvalue weighted by Gasteiger charge is -2.27. The molecule has 184 valence electrons. The number of rotatable bonds is 7. The molecule has 1 N–H and O–H groups in total. The van der Waals surface area contributed by atoms with Crippen molar-refractivity contribution in [2.75, 3.05) is 18.4 Å². The first-order valence-electron chi connectivity index (χ1n) is 11.4. The molecule has 0 spiro atoms.